The van der Waals surface area contributed by atoms with Crippen LogP contribution in [0.4, 0.5) is 4.79 Å². The average molecular weight is 104 g/mol. The van der Waals surface area contributed by atoms with E-state index in [9.17, 15) is 0 Å². The minimum absolute atomic E-state index is 0. The van der Waals surface area contributed by atoms with Crippen molar-refractivity contribution in [3.8, 4) is 0 Å². The van der Waals surface area contributed by atoms with Crippen LogP contribution >= 0.6 is 0 Å². The van der Waals surface area contributed by atoms with Gasteiger partial charge in [-0.1, -0.05) is 0 Å². The first-order valence-corrected chi connectivity index (χ1v) is 0.632. The van der Waals surface area contributed by atoms with Crippen LogP contribution < -0.4 is 5.11 Å². The molecule has 0 radical (unpaired) electrons. The van der Waals surface area contributed by atoms with Gasteiger partial charge >= 0.3 is 17.4 Å². The van der Waals surface area contributed by atoms with Gasteiger partial charge in [-0.05, 0) is 0 Å². The summed E-state index contributed by atoms with van der Waals surface area (Å²) in [4.78, 5) is 8.44. The first-order valence-electron chi connectivity index (χ1n) is 0.632. The number of carbonyl (C=O) groups is 1. The predicted molar refractivity (Wildman–Crippen MR) is 14.5 cm³/mol. The zero-order chi connectivity index (χ0) is 3.58. The fraction of sp³-hybridized carbons (Fsp3) is 0. The van der Waals surface area contributed by atoms with E-state index in [4.69, 9.17) is 15.0 Å². The van der Waals surface area contributed by atoms with Gasteiger partial charge in [0.15, 0.2) is 0 Å². The molecule has 0 saturated heterocycles. The number of carboxylic acid groups (broad SMARTS) is 2. The molecule has 1 N–H and O–H groups in total. The van der Waals surface area contributed by atoms with Gasteiger partial charge in [0, 0.05) is 0 Å². The fourth-order valence-corrected chi connectivity index (χ4v) is 0. The Morgan fingerprint density at radius 2 is 1.67 bits per heavy atom. The molecule has 6 heavy (non-hydrogen) atoms. The van der Waals surface area contributed by atoms with Crippen molar-refractivity contribution >= 4 is 23.5 Å². The summed E-state index contributed by atoms with van der Waals surface area (Å²) in [6.07, 6.45) is -2.08. The number of rotatable bonds is 0. The molecule has 32 valence electrons. The molecule has 0 spiro atoms. The van der Waals surface area contributed by atoms with E-state index in [-0.39, 0.29) is 22.8 Å². The van der Waals surface area contributed by atoms with Crippen LogP contribution in [0.5, 0.6) is 0 Å². The Balaban J connectivity index is -0.0000000450. The van der Waals surface area contributed by atoms with Gasteiger partial charge in [0.05, 0.1) is 0 Å². The number of hydrogen-bond acceptors (Lipinski definition) is 2. The summed E-state index contributed by atoms with van der Waals surface area (Å²) >= 11 is 0. The van der Waals surface area contributed by atoms with Gasteiger partial charge in [-0.3, -0.25) is 0 Å². The molecular formula is CHAlO4. The maximum absolute atomic E-state index is 8.44. The molecule has 0 aromatic rings. The first-order chi connectivity index (χ1) is 1.73. The van der Waals surface area contributed by atoms with Crippen LogP contribution in [0.1, 0.15) is 0 Å². The quantitative estimate of drug-likeness (QED) is 0.375. The van der Waals surface area contributed by atoms with E-state index >= 15 is 0 Å². The fourth-order valence-electron chi connectivity index (χ4n) is 0. The molecule has 0 bridgehead atoms. The third kappa shape index (κ3) is 509. The van der Waals surface area contributed by atoms with Crippen molar-refractivity contribution in [2.24, 2.45) is 0 Å². The molecule has 5 heteroatoms. The maximum Gasteiger partial charge on any atom is 3.00 e. The Hall–Kier alpha value is -0.238. The standard InChI is InChI=1S/CH2O3.Al.O/c2-1(3)4;;/h(H2,2,3,4);;/q;+3;-2/p-1. The van der Waals surface area contributed by atoms with Crippen LogP contribution in [0, 0.1) is 0 Å². The van der Waals surface area contributed by atoms with Crippen molar-refractivity contribution in [2.45, 2.75) is 0 Å². The molecule has 0 aliphatic heterocycles. The summed E-state index contributed by atoms with van der Waals surface area (Å²) in [7, 11) is 0. The smallest absolute Gasteiger partial charge is 2.00 e. The molecule has 0 atom stereocenters. The van der Waals surface area contributed by atoms with Gasteiger partial charge in [0.25, 0.3) is 0 Å². The van der Waals surface area contributed by atoms with Crippen molar-refractivity contribution < 1.29 is 20.5 Å². The second-order valence-corrected chi connectivity index (χ2v) is 0.266. The Morgan fingerprint density at radius 1 is 1.67 bits per heavy atom. The molecule has 0 saturated carbocycles. The third-order valence-corrected chi connectivity index (χ3v) is 0. The van der Waals surface area contributed by atoms with Crippen LogP contribution in [0.3, 0.4) is 0 Å². The Morgan fingerprint density at radius 3 is 1.67 bits per heavy atom. The number of hydrogen-bond donors (Lipinski definition) is 1. The monoisotopic (exact) mass is 104 g/mol. The molecule has 0 unspecified atom stereocenters. The third-order valence-electron chi connectivity index (χ3n) is 0. The van der Waals surface area contributed by atoms with Crippen LogP contribution in [-0.4, -0.2) is 28.6 Å². The van der Waals surface area contributed by atoms with Gasteiger partial charge in [0.2, 0.25) is 6.16 Å². The van der Waals surface area contributed by atoms with Crippen molar-refractivity contribution in [3.05, 3.63) is 0 Å². The Kier molecular flexibility index (Phi) is 25.2. The van der Waals surface area contributed by atoms with E-state index in [1.54, 1.807) is 0 Å². The van der Waals surface area contributed by atoms with Crippen molar-refractivity contribution in [1.29, 1.82) is 0 Å². The second kappa shape index (κ2) is 8.83. The summed E-state index contributed by atoms with van der Waals surface area (Å²) in [5.41, 5.74) is 0. The summed E-state index contributed by atoms with van der Waals surface area (Å²) < 4.78 is 0. The summed E-state index contributed by atoms with van der Waals surface area (Å²) in [5, 5.41) is 15.3. The molecule has 0 aliphatic rings. The average Bonchev–Trinajstić information content (AvgIpc) is 0.811. The zero-order valence-electron chi connectivity index (χ0n) is 2.75. The van der Waals surface area contributed by atoms with Gasteiger partial charge in [-0.25, -0.2) is 0 Å². The SMILES string of the molecule is O=C([O-])O.[Al+3].[O-2]. The topological polar surface area (TPSA) is 88.9 Å². The van der Waals surface area contributed by atoms with Crippen LogP contribution in [0.15, 0.2) is 0 Å². The molecule has 0 fully saturated rings. The minimum atomic E-state index is -2.08. The summed E-state index contributed by atoms with van der Waals surface area (Å²) in [5.74, 6) is 0. The Bertz CT molecular complexity index is 30.5. The van der Waals surface area contributed by atoms with Gasteiger partial charge in [-0.15, -0.1) is 0 Å². The predicted octanol–water partition coefficient (Wildman–Crippen LogP) is -1.61. The Labute approximate surface area is 44.8 Å². The van der Waals surface area contributed by atoms with E-state index in [0.717, 1.165) is 0 Å². The molecule has 0 aromatic carbocycles. The van der Waals surface area contributed by atoms with E-state index < -0.39 is 6.16 Å². The van der Waals surface area contributed by atoms with E-state index in [1.165, 1.54) is 0 Å². The summed E-state index contributed by atoms with van der Waals surface area (Å²) in [6.45, 7) is 0. The minimum Gasteiger partial charge on any atom is -2.00 e. The zero-order valence-corrected chi connectivity index (χ0v) is 3.90. The molecule has 0 rings (SSSR count). The van der Waals surface area contributed by atoms with Crippen molar-refractivity contribution in [2.75, 3.05) is 0 Å². The molecule has 0 heterocycles. The summed E-state index contributed by atoms with van der Waals surface area (Å²) in [6, 6.07) is 0. The van der Waals surface area contributed by atoms with Crippen LogP contribution in [0.25, 0.3) is 0 Å². The molecule has 4 nitrogen and oxygen atoms in total. The van der Waals surface area contributed by atoms with Crippen molar-refractivity contribution in [1.82, 2.24) is 0 Å². The van der Waals surface area contributed by atoms with Gasteiger partial charge < -0.3 is 20.5 Å². The first kappa shape index (κ1) is 17.1. The largest absolute Gasteiger partial charge is 3.00 e. The molecular weight excluding hydrogens is 103 g/mol. The van der Waals surface area contributed by atoms with E-state index in [0.29, 0.717) is 0 Å². The van der Waals surface area contributed by atoms with Crippen LogP contribution in [-0.2, 0) is 5.48 Å². The van der Waals surface area contributed by atoms with Gasteiger partial charge in [-0.2, -0.15) is 0 Å². The van der Waals surface area contributed by atoms with Crippen molar-refractivity contribution in [3.63, 3.8) is 0 Å². The van der Waals surface area contributed by atoms with Crippen LogP contribution in [0.2, 0.25) is 0 Å². The van der Waals surface area contributed by atoms with Gasteiger partial charge in [0.1, 0.15) is 0 Å². The second-order valence-electron chi connectivity index (χ2n) is 0.266. The molecule has 0 amide bonds. The molecule has 0 aromatic heterocycles. The normalized spacial score (nSPS) is 4.00. The maximum atomic E-state index is 8.44. The van der Waals surface area contributed by atoms with E-state index in [1.807, 2.05) is 0 Å². The van der Waals surface area contributed by atoms with E-state index in [2.05, 4.69) is 0 Å². The molecule has 0 aliphatic carbocycles.